The molecule has 0 saturated heterocycles. The SMILES string of the molecule is COc1c(N)ncnc1Nc1ccccc1C(C)(C)C. The van der Waals surface area contributed by atoms with Gasteiger partial charge in [-0.2, -0.15) is 0 Å². The summed E-state index contributed by atoms with van der Waals surface area (Å²) in [5, 5.41) is 3.28. The molecule has 0 unspecified atom stereocenters. The van der Waals surface area contributed by atoms with Gasteiger partial charge < -0.3 is 15.8 Å². The van der Waals surface area contributed by atoms with Crippen LogP contribution in [0.5, 0.6) is 5.75 Å². The summed E-state index contributed by atoms with van der Waals surface area (Å²) in [4.78, 5) is 8.13. The van der Waals surface area contributed by atoms with E-state index < -0.39 is 0 Å². The second kappa shape index (κ2) is 5.36. The number of aromatic nitrogens is 2. The fraction of sp³-hybridized carbons (Fsp3) is 0.333. The molecule has 1 heterocycles. The molecule has 3 N–H and O–H groups in total. The lowest BCUT2D eigenvalue weighted by Gasteiger charge is -2.23. The number of hydrogen-bond donors (Lipinski definition) is 2. The highest BCUT2D eigenvalue weighted by atomic mass is 16.5. The maximum absolute atomic E-state index is 5.79. The van der Waals surface area contributed by atoms with Crippen molar-refractivity contribution < 1.29 is 4.74 Å². The van der Waals surface area contributed by atoms with Crippen molar-refractivity contribution in [3.63, 3.8) is 0 Å². The average Bonchev–Trinajstić information content (AvgIpc) is 2.38. The first kappa shape index (κ1) is 14.1. The molecule has 20 heavy (non-hydrogen) atoms. The maximum atomic E-state index is 5.79. The highest BCUT2D eigenvalue weighted by molar-refractivity contribution is 5.70. The van der Waals surface area contributed by atoms with Crippen LogP contribution in [0.1, 0.15) is 26.3 Å². The van der Waals surface area contributed by atoms with E-state index >= 15 is 0 Å². The molecule has 1 aromatic heterocycles. The number of hydrogen-bond acceptors (Lipinski definition) is 5. The monoisotopic (exact) mass is 272 g/mol. The summed E-state index contributed by atoms with van der Waals surface area (Å²) in [5.74, 6) is 1.34. The number of nitrogens with zero attached hydrogens (tertiary/aromatic N) is 2. The number of ether oxygens (including phenoxy) is 1. The van der Waals surface area contributed by atoms with Crippen LogP contribution >= 0.6 is 0 Å². The molecule has 1 aromatic carbocycles. The van der Waals surface area contributed by atoms with Gasteiger partial charge in [0.05, 0.1) is 7.11 Å². The maximum Gasteiger partial charge on any atom is 0.204 e. The van der Waals surface area contributed by atoms with Crippen molar-refractivity contribution in [3.05, 3.63) is 36.2 Å². The Hall–Kier alpha value is -2.30. The zero-order chi connectivity index (χ0) is 14.8. The van der Waals surface area contributed by atoms with Crippen LogP contribution in [0, 0.1) is 0 Å². The standard InChI is InChI=1S/C15H20N4O/c1-15(2,3)10-7-5-6-8-11(10)19-14-12(20-4)13(16)17-9-18-14/h5-9H,1-4H3,(H3,16,17,18,19). The van der Waals surface area contributed by atoms with Gasteiger partial charge in [-0.05, 0) is 17.0 Å². The Balaban J connectivity index is 2.44. The van der Waals surface area contributed by atoms with Crippen LogP contribution in [0.2, 0.25) is 0 Å². The third kappa shape index (κ3) is 2.82. The van der Waals surface area contributed by atoms with Crippen LogP contribution in [0.4, 0.5) is 17.3 Å². The van der Waals surface area contributed by atoms with Crippen molar-refractivity contribution >= 4 is 17.3 Å². The second-order valence-electron chi connectivity index (χ2n) is 5.56. The minimum atomic E-state index is 0.0232. The third-order valence-electron chi connectivity index (χ3n) is 3.02. The number of nitrogens with two attached hydrogens (primary N) is 1. The highest BCUT2D eigenvalue weighted by Crippen LogP contribution is 2.34. The van der Waals surface area contributed by atoms with Gasteiger partial charge >= 0.3 is 0 Å². The van der Waals surface area contributed by atoms with E-state index in [1.54, 1.807) is 7.11 Å². The normalized spacial score (nSPS) is 11.2. The summed E-state index contributed by atoms with van der Waals surface area (Å²) in [6, 6.07) is 8.11. The molecule has 0 fully saturated rings. The average molecular weight is 272 g/mol. The van der Waals surface area contributed by atoms with E-state index in [2.05, 4.69) is 42.1 Å². The highest BCUT2D eigenvalue weighted by Gasteiger charge is 2.19. The zero-order valence-corrected chi connectivity index (χ0v) is 12.3. The van der Waals surface area contributed by atoms with Crippen molar-refractivity contribution in [2.24, 2.45) is 0 Å². The summed E-state index contributed by atoms with van der Waals surface area (Å²) >= 11 is 0. The van der Waals surface area contributed by atoms with E-state index in [1.165, 1.54) is 11.9 Å². The van der Waals surface area contributed by atoms with E-state index in [0.717, 1.165) is 5.69 Å². The van der Waals surface area contributed by atoms with E-state index in [0.29, 0.717) is 17.4 Å². The molecular weight excluding hydrogens is 252 g/mol. The van der Waals surface area contributed by atoms with Crippen LogP contribution in [-0.2, 0) is 5.41 Å². The number of nitrogens with one attached hydrogen (secondary N) is 1. The zero-order valence-electron chi connectivity index (χ0n) is 12.3. The van der Waals surface area contributed by atoms with Crippen LogP contribution < -0.4 is 15.8 Å². The molecule has 0 saturated carbocycles. The van der Waals surface area contributed by atoms with Gasteiger partial charge in [0.25, 0.3) is 0 Å². The Morgan fingerprint density at radius 1 is 1.15 bits per heavy atom. The van der Waals surface area contributed by atoms with Gasteiger partial charge in [-0.3, -0.25) is 0 Å². The van der Waals surface area contributed by atoms with Crippen molar-refractivity contribution in [2.75, 3.05) is 18.2 Å². The Morgan fingerprint density at radius 2 is 1.85 bits per heavy atom. The van der Waals surface area contributed by atoms with Crippen molar-refractivity contribution in [2.45, 2.75) is 26.2 Å². The van der Waals surface area contributed by atoms with Crippen LogP contribution in [0.3, 0.4) is 0 Å². The minimum Gasteiger partial charge on any atom is -0.490 e. The molecule has 2 rings (SSSR count). The molecule has 0 aliphatic heterocycles. The van der Waals surface area contributed by atoms with Crippen molar-refractivity contribution in [1.29, 1.82) is 0 Å². The summed E-state index contributed by atoms with van der Waals surface area (Å²) in [7, 11) is 1.55. The molecule has 0 atom stereocenters. The first-order valence-corrected chi connectivity index (χ1v) is 6.44. The predicted molar refractivity (Wildman–Crippen MR) is 81.4 cm³/mol. The number of anilines is 3. The van der Waals surface area contributed by atoms with Gasteiger partial charge in [0.15, 0.2) is 11.6 Å². The molecule has 0 aliphatic carbocycles. The minimum absolute atomic E-state index is 0.0232. The van der Waals surface area contributed by atoms with E-state index in [4.69, 9.17) is 10.5 Å². The van der Waals surface area contributed by atoms with Crippen molar-refractivity contribution in [1.82, 2.24) is 9.97 Å². The lowest BCUT2D eigenvalue weighted by Crippen LogP contribution is -2.14. The van der Waals surface area contributed by atoms with Gasteiger partial charge in [0, 0.05) is 5.69 Å². The fourth-order valence-electron chi connectivity index (χ4n) is 2.05. The molecule has 0 radical (unpaired) electrons. The summed E-state index contributed by atoms with van der Waals surface area (Å²) < 4.78 is 5.26. The largest absolute Gasteiger partial charge is 0.490 e. The number of benzene rings is 1. The van der Waals surface area contributed by atoms with Gasteiger partial charge in [-0.1, -0.05) is 39.0 Å². The summed E-state index contributed by atoms with van der Waals surface area (Å²) in [6.07, 6.45) is 1.42. The van der Waals surface area contributed by atoms with Gasteiger partial charge in [0.1, 0.15) is 6.33 Å². The molecule has 0 aliphatic rings. The lowest BCUT2D eigenvalue weighted by atomic mass is 9.86. The Morgan fingerprint density at radius 3 is 2.50 bits per heavy atom. The first-order chi connectivity index (χ1) is 9.43. The lowest BCUT2D eigenvalue weighted by molar-refractivity contribution is 0.415. The summed E-state index contributed by atoms with van der Waals surface area (Å²) in [6.45, 7) is 6.50. The third-order valence-corrected chi connectivity index (χ3v) is 3.02. The quantitative estimate of drug-likeness (QED) is 0.898. The molecule has 0 amide bonds. The number of nitrogen functional groups attached to an aromatic ring is 1. The number of para-hydroxylation sites is 1. The molecule has 5 heteroatoms. The Kier molecular flexibility index (Phi) is 3.79. The molecule has 5 nitrogen and oxygen atoms in total. The molecule has 2 aromatic rings. The molecule has 0 bridgehead atoms. The van der Waals surface area contributed by atoms with Crippen LogP contribution in [0.15, 0.2) is 30.6 Å². The van der Waals surface area contributed by atoms with Crippen molar-refractivity contribution in [3.8, 4) is 5.75 Å². The van der Waals surface area contributed by atoms with Crippen LogP contribution in [0.25, 0.3) is 0 Å². The Labute approximate surface area is 119 Å². The molecular formula is C15H20N4O. The molecule has 106 valence electrons. The fourth-order valence-corrected chi connectivity index (χ4v) is 2.05. The van der Waals surface area contributed by atoms with Gasteiger partial charge in [-0.25, -0.2) is 9.97 Å². The Bertz CT molecular complexity index is 605. The number of rotatable bonds is 3. The number of methoxy groups -OCH3 is 1. The van der Waals surface area contributed by atoms with Crippen LogP contribution in [-0.4, -0.2) is 17.1 Å². The second-order valence-corrected chi connectivity index (χ2v) is 5.56. The van der Waals surface area contributed by atoms with Gasteiger partial charge in [0.2, 0.25) is 5.75 Å². The van der Waals surface area contributed by atoms with E-state index in [9.17, 15) is 0 Å². The predicted octanol–water partition coefficient (Wildman–Crippen LogP) is 3.11. The van der Waals surface area contributed by atoms with E-state index in [-0.39, 0.29) is 5.41 Å². The first-order valence-electron chi connectivity index (χ1n) is 6.44. The molecule has 0 spiro atoms. The topological polar surface area (TPSA) is 73.1 Å². The van der Waals surface area contributed by atoms with Gasteiger partial charge in [-0.15, -0.1) is 0 Å². The summed E-state index contributed by atoms with van der Waals surface area (Å²) in [5.41, 5.74) is 7.99. The van der Waals surface area contributed by atoms with E-state index in [1.807, 2.05) is 18.2 Å². The smallest absolute Gasteiger partial charge is 0.204 e.